The molecule has 10 heteroatoms. The molecule has 0 saturated heterocycles. The number of methoxy groups -OCH3 is 1. The first-order chi connectivity index (χ1) is 12.8. The quantitative estimate of drug-likeness (QED) is 0.626. The summed E-state index contributed by atoms with van der Waals surface area (Å²) >= 11 is 5.76. The van der Waals surface area contributed by atoms with Gasteiger partial charge in [0, 0.05) is 24.2 Å². The van der Waals surface area contributed by atoms with Crippen LogP contribution in [-0.2, 0) is 17.5 Å². The lowest BCUT2D eigenvalue weighted by atomic mass is 10.1. The van der Waals surface area contributed by atoms with Crippen LogP contribution in [0.3, 0.4) is 0 Å². The van der Waals surface area contributed by atoms with Gasteiger partial charge in [-0.05, 0) is 12.1 Å². The average Bonchev–Trinajstić information content (AvgIpc) is 3.06. The molecule has 0 N–H and O–H groups in total. The molecule has 140 valence electrons. The van der Waals surface area contributed by atoms with Crippen molar-refractivity contribution in [2.24, 2.45) is 0 Å². The van der Waals surface area contributed by atoms with Crippen molar-refractivity contribution < 1.29 is 22.7 Å². The number of carbonyl (C=O) groups excluding carboxylic acids is 1. The number of imidazole rings is 1. The van der Waals surface area contributed by atoms with Crippen molar-refractivity contribution in [1.29, 1.82) is 0 Å². The Kier molecular flexibility index (Phi) is 5.13. The molecule has 3 rings (SSSR count). The van der Waals surface area contributed by atoms with Gasteiger partial charge < -0.3 is 9.30 Å². The monoisotopic (exact) mass is 396 g/mol. The third kappa shape index (κ3) is 4.25. The molecule has 0 aliphatic rings. The summed E-state index contributed by atoms with van der Waals surface area (Å²) < 4.78 is 44.5. The Morgan fingerprint density at radius 1 is 1.19 bits per heavy atom. The predicted molar refractivity (Wildman–Crippen MR) is 90.1 cm³/mol. The highest BCUT2D eigenvalue weighted by atomic mass is 35.5. The van der Waals surface area contributed by atoms with Gasteiger partial charge in [-0.25, -0.2) is 19.7 Å². The number of benzene rings is 1. The summed E-state index contributed by atoms with van der Waals surface area (Å²) in [5, 5.41) is 0.364. The average molecular weight is 397 g/mol. The summed E-state index contributed by atoms with van der Waals surface area (Å²) in [6, 6.07) is 4.47. The summed E-state index contributed by atoms with van der Waals surface area (Å²) in [6.45, 7) is 0.136. The Morgan fingerprint density at radius 3 is 2.37 bits per heavy atom. The second kappa shape index (κ2) is 7.36. The van der Waals surface area contributed by atoms with E-state index in [-0.39, 0.29) is 18.1 Å². The van der Waals surface area contributed by atoms with Crippen LogP contribution in [0.4, 0.5) is 13.2 Å². The summed E-state index contributed by atoms with van der Waals surface area (Å²) in [7, 11) is 1.21. The van der Waals surface area contributed by atoms with E-state index in [2.05, 4.69) is 19.7 Å². The van der Waals surface area contributed by atoms with Crippen LogP contribution in [0, 0.1) is 0 Å². The van der Waals surface area contributed by atoms with Gasteiger partial charge in [0.2, 0.25) is 0 Å². The molecule has 1 aromatic carbocycles. The summed E-state index contributed by atoms with van der Waals surface area (Å²) in [4.78, 5) is 24.1. The van der Waals surface area contributed by atoms with E-state index in [4.69, 9.17) is 11.6 Å². The lowest BCUT2D eigenvalue weighted by Crippen LogP contribution is -2.06. The maximum atomic E-state index is 12.8. The Morgan fingerprint density at radius 2 is 1.81 bits per heavy atom. The molecule has 3 aromatic rings. The van der Waals surface area contributed by atoms with Crippen molar-refractivity contribution in [3.63, 3.8) is 0 Å². The van der Waals surface area contributed by atoms with Crippen molar-refractivity contribution in [2.45, 2.75) is 12.7 Å². The van der Waals surface area contributed by atoms with Gasteiger partial charge in [-0.2, -0.15) is 13.2 Å². The maximum Gasteiger partial charge on any atom is 0.416 e. The molecule has 2 heterocycles. The topological polar surface area (TPSA) is 69.9 Å². The van der Waals surface area contributed by atoms with Crippen LogP contribution in [0.15, 0.2) is 42.9 Å². The fraction of sp³-hybridized carbons (Fsp3) is 0.176. The zero-order valence-electron chi connectivity index (χ0n) is 13.9. The Balaban J connectivity index is 2.00. The van der Waals surface area contributed by atoms with Crippen molar-refractivity contribution in [2.75, 3.05) is 7.11 Å². The van der Waals surface area contributed by atoms with Crippen LogP contribution < -0.4 is 0 Å². The van der Waals surface area contributed by atoms with E-state index in [9.17, 15) is 18.0 Å². The highest BCUT2D eigenvalue weighted by Crippen LogP contribution is 2.31. The fourth-order valence-electron chi connectivity index (χ4n) is 2.35. The molecular formula is C17H12ClF3N4O2. The number of carbonyl (C=O) groups is 1. The minimum atomic E-state index is -4.44. The SMILES string of the molecule is COC(=O)c1cn(Cc2ncc(Cl)cn2)c(-c2ccc(C(F)(F)F)cc2)n1. The zero-order valence-corrected chi connectivity index (χ0v) is 14.6. The fourth-order valence-corrected chi connectivity index (χ4v) is 2.45. The Hall–Kier alpha value is -2.94. The molecule has 2 aromatic heterocycles. The number of rotatable bonds is 4. The molecule has 0 spiro atoms. The highest BCUT2D eigenvalue weighted by Gasteiger charge is 2.30. The molecular weight excluding hydrogens is 385 g/mol. The van der Waals surface area contributed by atoms with E-state index in [1.807, 2.05) is 0 Å². The number of nitrogens with zero attached hydrogens (tertiary/aromatic N) is 4. The van der Waals surface area contributed by atoms with Gasteiger partial charge in [-0.3, -0.25) is 0 Å². The largest absolute Gasteiger partial charge is 0.464 e. The van der Waals surface area contributed by atoms with E-state index >= 15 is 0 Å². The van der Waals surface area contributed by atoms with Crippen molar-refractivity contribution >= 4 is 17.6 Å². The van der Waals surface area contributed by atoms with Gasteiger partial charge in [-0.1, -0.05) is 23.7 Å². The van der Waals surface area contributed by atoms with Crippen molar-refractivity contribution in [3.05, 3.63) is 65.0 Å². The first-order valence-electron chi connectivity index (χ1n) is 7.57. The third-order valence-corrected chi connectivity index (χ3v) is 3.82. The lowest BCUT2D eigenvalue weighted by Gasteiger charge is -2.09. The van der Waals surface area contributed by atoms with Gasteiger partial charge in [0.15, 0.2) is 5.69 Å². The predicted octanol–water partition coefficient (Wildman–Crippen LogP) is 3.85. The summed E-state index contributed by atoms with van der Waals surface area (Å²) in [6.07, 6.45) is -0.182. The van der Waals surface area contributed by atoms with E-state index in [1.165, 1.54) is 37.8 Å². The summed E-state index contributed by atoms with van der Waals surface area (Å²) in [5.74, 6) is 0.00277. The van der Waals surface area contributed by atoms with Crippen LogP contribution in [0.2, 0.25) is 5.02 Å². The van der Waals surface area contributed by atoms with Gasteiger partial charge in [0.05, 0.1) is 24.2 Å². The molecule has 0 radical (unpaired) electrons. The Bertz CT molecular complexity index is 954. The second-order valence-corrected chi connectivity index (χ2v) is 5.90. The van der Waals surface area contributed by atoms with Gasteiger partial charge >= 0.3 is 12.1 Å². The molecule has 0 amide bonds. The smallest absolute Gasteiger partial charge is 0.416 e. The molecule has 0 aliphatic heterocycles. The standard InChI is InChI=1S/C17H12ClF3N4O2/c1-27-16(26)13-8-25(9-14-22-6-12(18)7-23-14)15(24-13)10-2-4-11(5-3-10)17(19,20)21/h2-8H,9H2,1H3. The first-order valence-corrected chi connectivity index (χ1v) is 7.95. The number of halogens is 4. The van der Waals surface area contributed by atoms with Crippen LogP contribution in [-0.4, -0.2) is 32.6 Å². The number of aromatic nitrogens is 4. The number of alkyl halides is 3. The Labute approximate surface area is 156 Å². The second-order valence-electron chi connectivity index (χ2n) is 5.46. The molecule has 6 nitrogen and oxygen atoms in total. The lowest BCUT2D eigenvalue weighted by molar-refractivity contribution is -0.137. The summed E-state index contributed by atoms with van der Waals surface area (Å²) in [5.41, 5.74) is -0.368. The van der Waals surface area contributed by atoms with Crippen molar-refractivity contribution in [3.8, 4) is 11.4 Å². The van der Waals surface area contributed by atoms with E-state index in [0.29, 0.717) is 16.4 Å². The molecule has 27 heavy (non-hydrogen) atoms. The normalized spacial score (nSPS) is 11.4. The third-order valence-electron chi connectivity index (χ3n) is 3.63. The number of ether oxygens (including phenoxy) is 1. The molecule has 0 atom stereocenters. The van der Waals surface area contributed by atoms with Crippen molar-refractivity contribution in [1.82, 2.24) is 19.5 Å². The molecule has 0 fully saturated rings. The van der Waals surface area contributed by atoms with Crippen LogP contribution >= 0.6 is 11.6 Å². The van der Waals surface area contributed by atoms with E-state index in [0.717, 1.165) is 12.1 Å². The zero-order chi connectivity index (χ0) is 19.6. The van der Waals surface area contributed by atoms with Crippen LogP contribution in [0.25, 0.3) is 11.4 Å². The highest BCUT2D eigenvalue weighted by molar-refractivity contribution is 6.30. The minimum absolute atomic E-state index is 0.0151. The number of hydrogen-bond donors (Lipinski definition) is 0. The van der Waals surface area contributed by atoms with E-state index in [1.54, 1.807) is 4.57 Å². The van der Waals surface area contributed by atoms with Crippen LogP contribution in [0.5, 0.6) is 0 Å². The van der Waals surface area contributed by atoms with Gasteiger partial charge in [0.1, 0.15) is 11.6 Å². The molecule has 0 saturated carbocycles. The number of esters is 1. The minimum Gasteiger partial charge on any atom is -0.464 e. The molecule has 0 aliphatic carbocycles. The maximum absolute atomic E-state index is 12.8. The first kappa shape index (κ1) is 18.8. The van der Waals surface area contributed by atoms with E-state index < -0.39 is 17.7 Å². The van der Waals surface area contributed by atoms with Crippen LogP contribution in [0.1, 0.15) is 21.9 Å². The van der Waals surface area contributed by atoms with Gasteiger partial charge in [-0.15, -0.1) is 0 Å². The van der Waals surface area contributed by atoms with Gasteiger partial charge in [0.25, 0.3) is 0 Å². The number of hydrogen-bond acceptors (Lipinski definition) is 5. The molecule has 0 bridgehead atoms. The molecule has 0 unspecified atom stereocenters.